The third-order valence-electron chi connectivity index (χ3n) is 11.5. The third-order valence-corrected chi connectivity index (χ3v) is 11.5. The number of aliphatic hydroxyl groups is 2. The van der Waals surface area contributed by atoms with Crippen LogP contribution in [0.1, 0.15) is 113 Å². The molecule has 0 aromatic heterocycles. The average Bonchev–Trinajstić information content (AvgIpc) is 2.97. The van der Waals surface area contributed by atoms with Crippen molar-refractivity contribution in [1.29, 1.82) is 0 Å². The van der Waals surface area contributed by atoms with E-state index < -0.39 is 11.7 Å². The summed E-state index contributed by atoms with van der Waals surface area (Å²) in [6.45, 7) is 17.0. The van der Waals surface area contributed by atoms with Crippen LogP contribution in [0.2, 0.25) is 0 Å². The van der Waals surface area contributed by atoms with Gasteiger partial charge in [-0.15, -0.1) is 0 Å². The van der Waals surface area contributed by atoms with Gasteiger partial charge in [0, 0.05) is 34.8 Å². The van der Waals surface area contributed by atoms with E-state index in [1.807, 2.05) is 13.8 Å². The van der Waals surface area contributed by atoms with Gasteiger partial charge in [0.2, 0.25) is 0 Å². The van der Waals surface area contributed by atoms with Gasteiger partial charge >= 0.3 is 0 Å². The summed E-state index contributed by atoms with van der Waals surface area (Å²) in [6.07, 6.45) is 6.84. The number of rotatable bonds is 5. The number of Topliss-reactive ketones (excluding diaryl/α,β-unsaturated/α-hetero) is 2. The van der Waals surface area contributed by atoms with Crippen LogP contribution in [0.15, 0.2) is 11.1 Å². The second-order valence-electron chi connectivity index (χ2n) is 14.4. The lowest BCUT2D eigenvalue weighted by molar-refractivity contribution is -0.141. The Bertz CT molecular complexity index is 907. The summed E-state index contributed by atoms with van der Waals surface area (Å²) >= 11 is 0. The molecule has 4 aliphatic carbocycles. The highest BCUT2D eigenvalue weighted by molar-refractivity contribution is 6.11. The Kier molecular flexibility index (Phi) is 6.14. The van der Waals surface area contributed by atoms with Crippen LogP contribution in [-0.2, 0) is 9.59 Å². The molecule has 7 atom stereocenters. The summed E-state index contributed by atoms with van der Waals surface area (Å²) in [6, 6.07) is 0. The van der Waals surface area contributed by atoms with Crippen LogP contribution in [-0.4, -0.2) is 33.5 Å². The summed E-state index contributed by atoms with van der Waals surface area (Å²) in [7, 11) is 0. The second kappa shape index (κ2) is 8.00. The molecule has 0 heterocycles. The molecule has 4 rings (SSSR count). The fourth-order valence-corrected chi connectivity index (χ4v) is 9.16. The molecule has 0 aromatic carbocycles. The average molecular weight is 473 g/mol. The van der Waals surface area contributed by atoms with Crippen molar-refractivity contribution in [2.45, 2.75) is 125 Å². The van der Waals surface area contributed by atoms with Crippen molar-refractivity contribution in [2.75, 3.05) is 0 Å². The fraction of sp³-hybridized carbons (Fsp3) is 0.867. The van der Waals surface area contributed by atoms with E-state index in [9.17, 15) is 19.8 Å². The van der Waals surface area contributed by atoms with E-state index >= 15 is 0 Å². The van der Waals surface area contributed by atoms with Gasteiger partial charge in [-0.2, -0.15) is 0 Å². The summed E-state index contributed by atoms with van der Waals surface area (Å²) in [5.41, 5.74) is -0.125. The Morgan fingerprint density at radius 3 is 2.26 bits per heavy atom. The predicted octanol–water partition coefficient (Wildman–Crippen LogP) is 6.03. The standard InChI is InChI=1S/C30H48O4/c1-18(10-9-13-26(2,3)34)19-11-15-29(7)25-20(31)16-22-27(4,5)23(33)12-14-28(22,6)24(25)21(32)17-30(19,29)8/h18-19,22-23,33-34H,9-17H2,1-8H3/t18-,19-,22+,23+,28+,29+,30-/m1/s1. The summed E-state index contributed by atoms with van der Waals surface area (Å²) in [5.74, 6) is 1.22. The van der Waals surface area contributed by atoms with Crippen LogP contribution in [0.5, 0.6) is 0 Å². The topological polar surface area (TPSA) is 74.6 Å². The first kappa shape index (κ1) is 26.1. The lowest BCUT2D eigenvalue weighted by atomic mass is 9.43. The van der Waals surface area contributed by atoms with Crippen molar-refractivity contribution >= 4 is 11.6 Å². The zero-order valence-corrected chi connectivity index (χ0v) is 22.9. The molecular weight excluding hydrogens is 424 g/mol. The molecule has 2 N–H and O–H groups in total. The first-order valence-corrected chi connectivity index (χ1v) is 13.7. The molecule has 0 unspecified atom stereocenters. The van der Waals surface area contributed by atoms with Crippen LogP contribution >= 0.6 is 0 Å². The van der Waals surface area contributed by atoms with Gasteiger partial charge in [0.25, 0.3) is 0 Å². The highest BCUT2D eigenvalue weighted by atomic mass is 16.3. The molecule has 0 aliphatic heterocycles. The SMILES string of the molecule is C[C@H](CCCC(C)(C)O)[C@H]1CC[C@@]2(C)C3=C(C(=O)C[C@]12C)[C@@]1(C)CC[C@H](O)C(C)(C)[C@@H]1CC3=O. The predicted molar refractivity (Wildman–Crippen MR) is 135 cm³/mol. The van der Waals surface area contributed by atoms with Crippen LogP contribution in [0.4, 0.5) is 0 Å². The van der Waals surface area contributed by atoms with Crippen LogP contribution in [0.3, 0.4) is 0 Å². The van der Waals surface area contributed by atoms with Gasteiger partial charge in [-0.3, -0.25) is 9.59 Å². The van der Waals surface area contributed by atoms with Gasteiger partial charge in [0.15, 0.2) is 11.6 Å². The molecule has 2 fully saturated rings. The van der Waals surface area contributed by atoms with Crippen molar-refractivity contribution in [3.63, 3.8) is 0 Å². The van der Waals surface area contributed by atoms with Gasteiger partial charge in [-0.1, -0.05) is 54.4 Å². The van der Waals surface area contributed by atoms with Crippen LogP contribution < -0.4 is 0 Å². The number of hydrogen-bond donors (Lipinski definition) is 2. The van der Waals surface area contributed by atoms with Gasteiger partial charge in [-0.05, 0) is 74.5 Å². The number of hydrogen-bond acceptors (Lipinski definition) is 4. The van der Waals surface area contributed by atoms with Crippen molar-refractivity contribution < 1.29 is 19.8 Å². The number of allylic oxidation sites excluding steroid dienone is 2. The Labute approximate surface area is 207 Å². The third kappa shape index (κ3) is 3.60. The van der Waals surface area contributed by atoms with E-state index in [2.05, 4.69) is 41.5 Å². The molecule has 2 saturated carbocycles. The van der Waals surface area contributed by atoms with Crippen LogP contribution in [0, 0.1) is 39.4 Å². The minimum atomic E-state index is -0.643. The van der Waals surface area contributed by atoms with Crippen molar-refractivity contribution in [3.05, 3.63) is 11.1 Å². The van der Waals surface area contributed by atoms with Gasteiger partial charge in [0.1, 0.15) is 0 Å². The summed E-state index contributed by atoms with van der Waals surface area (Å²) in [5, 5.41) is 20.9. The normalized spacial score (nSPS) is 42.8. The minimum Gasteiger partial charge on any atom is -0.393 e. The number of fused-ring (bicyclic) bond motifs is 4. The van der Waals surface area contributed by atoms with Gasteiger partial charge in [-0.25, -0.2) is 0 Å². The molecule has 0 spiro atoms. The monoisotopic (exact) mass is 472 g/mol. The second-order valence-corrected chi connectivity index (χ2v) is 14.4. The highest BCUT2D eigenvalue weighted by Crippen LogP contribution is 2.71. The molecule has 4 heteroatoms. The summed E-state index contributed by atoms with van der Waals surface area (Å²) in [4.78, 5) is 27.9. The number of ketones is 2. The maximum absolute atomic E-state index is 14.0. The Morgan fingerprint density at radius 1 is 1.00 bits per heavy atom. The molecule has 34 heavy (non-hydrogen) atoms. The molecule has 4 aliphatic rings. The molecule has 4 nitrogen and oxygen atoms in total. The summed E-state index contributed by atoms with van der Waals surface area (Å²) < 4.78 is 0. The van der Waals surface area contributed by atoms with Crippen molar-refractivity contribution in [2.24, 2.45) is 39.4 Å². The van der Waals surface area contributed by atoms with E-state index in [1.54, 1.807) is 0 Å². The van der Waals surface area contributed by atoms with E-state index in [0.717, 1.165) is 49.7 Å². The zero-order valence-electron chi connectivity index (χ0n) is 22.9. The first-order valence-electron chi connectivity index (χ1n) is 13.7. The van der Waals surface area contributed by atoms with E-state index in [-0.39, 0.29) is 39.1 Å². The highest BCUT2D eigenvalue weighted by Gasteiger charge is 2.67. The number of carbonyl (C=O) groups excluding carboxylic acids is 2. The van der Waals surface area contributed by atoms with Gasteiger partial charge < -0.3 is 10.2 Å². The smallest absolute Gasteiger partial charge is 0.160 e. The van der Waals surface area contributed by atoms with Crippen molar-refractivity contribution in [1.82, 2.24) is 0 Å². The number of aliphatic hydroxyl groups excluding tert-OH is 1. The quantitative estimate of drug-likeness (QED) is 0.512. The number of carbonyl (C=O) groups is 2. The Balaban J connectivity index is 1.72. The maximum atomic E-state index is 14.0. The fourth-order valence-electron chi connectivity index (χ4n) is 9.16. The lowest BCUT2D eigenvalue weighted by Gasteiger charge is -2.60. The largest absolute Gasteiger partial charge is 0.393 e. The van der Waals surface area contributed by atoms with Gasteiger partial charge in [0.05, 0.1) is 11.7 Å². The van der Waals surface area contributed by atoms with E-state index in [0.29, 0.717) is 31.1 Å². The Hall–Kier alpha value is -1.00. The molecule has 0 aromatic rings. The Morgan fingerprint density at radius 2 is 1.65 bits per heavy atom. The molecule has 0 radical (unpaired) electrons. The zero-order chi connectivity index (χ0) is 25.5. The van der Waals surface area contributed by atoms with E-state index in [4.69, 9.17) is 0 Å². The van der Waals surface area contributed by atoms with Crippen LogP contribution in [0.25, 0.3) is 0 Å². The van der Waals surface area contributed by atoms with E-state index in [1.165, 1.54) is 0 Å². The molecule has 0 saturated heterocycles. The van der Waals surface area contributed by atoms with Crippen molar-refractivity contribution in [3.8, 4) is 0 Å². The maximum Gasteiger partial charge on any atom is 0.160 e. The lowest BCUT2D eigenvalue weighted by Crippen LogP contribution is -2.59. The first-order chi connectivity index (χ1) is 15.5. The molecule has 0 bridgehead atoms. The minimum absolute atomic E-state index is 0.00451. The molecular formula is C30H48O4. The molecule has 192 valence electrons. The molecule has 0 amide bonds.